The number of esters is 1. The molecule has 0 radical (unpaired) electrons. The van der Waals surface area contributed by atoms with Crippen molar-refractivity contribution in [3.05, 3.63) is 23.8 Å². The Bertz CT molecular complexity index is 587. The molecule has 0 amide bonds. The van der Waals surface area contributed by atoms with Crippen LogP contribution in [0.1, 0.15) is 54.7 Å². The van der Waals surface area contributed by atoms with Gasteiger partial charge >= 0.3 is 5.97 Å². The predicted octanol–water partition coefficient (Wildman–Crippen LogP) is 1.99. The summed E-state index contributed by atoms with van der Waals surface area (Å²) in [5, 5.41) is 0. The highest BCUT2D eigenvalue weighted by atomic mass is 16.6. The molecule has 1 aromatic rings. The number of rotatable bonds is 2. The average molecular weight is 287 g/mol. The first kappa shape index (κ1) is 13.2. The molecule has 0 saturated heterocycles. The Morgan fingerprint density at radius 1 is 1.29 bits per heavy atom. The van der Waals surface area contributed by atoms with Crippen molar-refractivity contribution >= 4 is 5.97 Å². The Morgan fingerprint density at radius 2 is 2.00 bits per heavy atom. The van der Waals surface area contributed by atoms with Crippen molar-refractivity contribution in [3.8, 4) is 0 Å². The third-order valence-corrected chi connectivity index (χ3v) is 5.33. The van der Waals surface area contributed by atoms with Gasteiger partial charge in [0.15, 0.2) is 5.69 Å². The van der Waals surface area contributed by atoms with Crippen molar-refractivity contribution in [2.75, 3.05) is 0 Å². The lowest BCUT2D eigenvalue weighted by Crippen LogP contribution is -2.64. The third kappa shape index (κ3) is 2.24. The van der Waals surface area contributed by atoms with Crippen LogP contribution in [0, 0.1) is 18.8 Å². The van der Waals surface area contributed by atoms with Crippen molar-refractivity contribution in [2.45, 2.75) is 56.6 Å². The van der Waals surface area contributed by atoms with E-state index < -0.39 is 0 Å². The summed E-state index contributed by atoms with van der Waals surface area (Å²) in [6.07, 6.45) is 9.28. The monoisotopic (exact) mass is 287 g/mol. The van der Waals surface area contributed by atoms with Crippen molar-refractivity contribution < 1.29 is 9.53 Å². The number of nitrogens with zero attached hydrogens (tertiary/aromatic N) is 2. The topological polar surface area (TPSA) is 78.1 Å². The van der Waals surface area contributed by atoms with Gasteiger partial charge in [0.1, 0.15) is 5.60 Å². The molecular weight excluding hydrogens is 266 g/mol. The number of aromatic nitrogens is 2. The van der Waals surface area contributed by atoms with Crippen LogP contribution in [0.3, 0.4) is 0 Å². The number of hydrogen-bond donors (Lipinski definition) is 1. The van der Waals surface area contributed by atoms with E-state index in [0.717, 1.165) is 37.8 Å². The summed E-state index contributed by atoms with van der Waals surface area (Å²) in [5.41, 5.74) is 7.07. The van der Waals surface area contributed by atoms with Crippen LogP contribution in [0.4, 0.5) is 0 Å². The van der Waals surface area contributed by atoms with Gasteiger partial charge in [0.25, 0.3) is 0 Å². The SMILES string of the molecule is Cc1cncc(C(=O)OC23CC4CC(CC(N)(C4)C2)C3)n1. The lowest BCUT2D eigenvalue weighted by molar-refractivity contribution is -0.139. The second-order valence-corrected chi connectivity index (χ2v) is 7.44. The van der Waals surface area contributed by atoms with Crippen molar-refractivity contribution in [3.63, 3.8) is 0 Å². The van der Waals surface area contributed by atoms with Gasteiger partial charge in [0, 0.05) is 18.2 Å². The van der Waals surface area contributed by atoms with Gasteiger partial charge in [-0.1, -0.05) is 0 Å². The predicted molar refractivity (Wildman–Crippen MR) is 76.5 cm³/mol. The summed E-state index contributed by atoms with van der Waals surface area (Å²) in [4.78, 5) is 20.7. The minimum absolute atomic E-state index is 0.122. The zero-order valence-corrected chi connectivity index (χ0v) is 12.3. The Labute approximate surface area is 124 Å². The molecule has 0 aromatic carbocycles. The highest BCUT2D eigenvalue weighted by molar-refractivity contribution is 5.87. The Kier molecular flexibility index (Phi) is 2.67. The fraction of sp³-hybridized carbons (Fsp3) is 0.688. The molecule has 4 aliphatic rings. The van der Waals surface area contributed by atoms with Gasteiger partial charge < -0.3 is 10.5 Å². The van der Waals surface area contributed by atoms with Gasteiger partial charge in [-0.15, -0.1) is 0 Å². The van der Waals surface area contributed by atoms with Gasteiger partial charge in [-0.25, -0.2) is 9.78 Å². The number of hydrogen-bond acceptors (Lipinski definition) is 5. The smallest absolute Gasteiger partial charge is 0.359 e. The molecule has 4 aliphatic carbocycles. The molecular formula is C16H21N3O2. The molecule has 4 saturated carbocycles. The maximum atomic E-state index is 12.4. The quantitative estimate of drug-likeness (QED) is 0.842. The van der Waals surface area contributed by atoms with Crippen LogP contribution in [-0.2, 0) is 4.74 Å². The maximum Gasteiger partial charge on any atom is 0.359 e. The number of ether oxygens (including phenoxy) is 1. The fourth-order valence-corrected chi connectivity index (χ4v) is 5.18. The first-order valence-electron chi connectivity index (χ1n) is 7.76. The summed E-state index contributed by atoms with van der Waals surface area (Å²) < 4.78 is 5.94. The van der Waals surface area contributed by atoms with E-state index in [4.69, 9.17) is 10.5 Å². The molecule has 21 heavy (non-hydrogen) atoms. The zero-order valence-electron chi connectivity index (χ0n) is 12.3. The molecule has 1 aromatic heterocycles. The van der Waals surface area contributed by atoms with E-state index in [0.29, 0.717) is 17.5 Å². The summed E-state index contributed by atoms with van der Waals surface area (Å²) in [5.74, 6) is 0.886. The van der Waals surface area contributed by atoms with E-state index in [2.05, 4.69) is 9.97 Å². The van der Waals surface area contributed by atoms with E-state index in [1.54, 1.807) is 6.20 Å². The normalized spacial score (nSPS) is 40.3. The second kappa shape index (κ2) is 4.26. The van der Waals surface area contributed by atoms with Crippen molar-refractivity contribution in [1.29, 1.82) is 0 Å². The zero-order chi connectivity index (χ0) is 14.7. The molecule has 2 atom stereocenters. The Morgan fingerprint density at radius 3 is 2.62 bits per heavy atom. The van der Waals surface area contributed by atoms with Crippen LogP contribution in [0.25, 0.3) is 0 Å². The molecule has 112 valence electrons. The van der Waals surface area contributed by atoms with Crippen LogP contribution in [-0.4, -0.2) is 27.1 Å². The molecule has 5 rings (SSSR count). The minimum Gasteiger partial charge on any atom is -0.454 e. The van der Waals surface area contributed by atoms with E-state index in [1.807, 2.05) is 6.92 Å². The van der Waals surface area contributed by atoms with Crippen molar-refractivity contribution in [2.24, 2.45) is 17.6 Å². The summed E-state index contributed by atoms with van der Waals surface area (Å²) in [6, 6.07) is 0. The van der Waals surface area contributed by atoms with E-state index in [1.165, 1.54) is 12.6 Å². The molecule has 0 aliphatic heterocycles. The molecule has 2 unspecified atom stereocenters. The van der Waals surface area contributed by atoms with Crippen LogP contribution in [0.5, 0.6) is 0 Å². The number of carbonyl (C=O) groups is 1. The molecule has 4 fully saturated rings. The van der Waals surface area contributed by atoms with Gasteiger partial charge in [0.05, 0.1) is 11.9 Å². The first-order chi connectivity index (χ1) is 9.95. The van der Waals surface area contributed by atoms with Gasteiger partial charge in [-0.2, -0.15) is 0 Å². The molecule has 1 heterocycles. The first-order valence-corrected chi connectivity index (χ1v) is 7.76. The maximum absolute atomic E-state index is 12.4. The fourth-order valence-electron chi connectivity index (χ4n) is 5.18. The van der Waals surface area contributed by atoms with Gasteiger partial charge in [-0.3, -0.25) is 4.98 Å². The second-order valence-electron chi connectivity index (χ2n) is 7.44. The molecule has 4 bridgehead atoms. The van der Waals surface area contributed by atoms with Crippen LogP contribution in [0.15, 0.2) is 12.4 Å². The summed E-state index contributed by atoms with van der Waals surface area (Å²) in [7, 11) is 0. The Hall–Kier alpha value is -1.49. The highest BCUT2D eigenvalue weighted by Gasteiger charge is 2.58. The summed E-state index contributed by atoms with van der Waals surface area (Å²) >= 11 is 0. The standard InChI is InChI=1S/C16H21N3O2/c1-10-7-18-8-13(19-10)14(20)21-16-5-11-2-12(6-16)4-15(17,3-11)9-16/h7-8,11-12H,2-6,9,17H2,1H3. The van der Waals surface area contributed by atoms with E-state index in [9.17, 15) is 4.79 Å². The largest absolute Gasteiger partial charge is 0.454 e. The van der Waals surface area contributed by atoms with Crippen LogP contribution < -0.4 is 5.73 Å². The third-order valence-electron chi connectivity index (χ3n) is 5.33. The average Bonchev–Trinajstić information content (AvgIpc) is 2.34. The van der Waals surface area contributed by atoms with Gasteiger partial charge in [0.2, 0.25) is 0 Å². The van der Waals surface area contributed by atoms with Gasteiger partial charge in [-0.05, 0) is 50.9 Å². The molecule has 5 nitrogen and oxygen atoms in total. The van der Waals surface area contributed by atoms with Crippen LogP contribution in [0.2, 0.25) is 0 Å². The van der Waals surface area contributed by atoms with Crippen LogP contribution >= 0.6 is 0 Å². The van der Waals surface area contributed by atoms with E-state index >= 15 is 0 Å². The number of nitrogens with two attached hydrogens (primary N) is 1. The molecule has 5 heteroatoms. The lowest BCUT2D eigenvalue weighted by atomic mass is 9.51. The number of carbonyl (C=O) groups excluding carboxylic acids is 1. The van der Waals surface area contributed by atoms with Crippen molar-refractivity contribution in [1.82, 2.24) is 9.97 Å². The lowest BCUT2D eigenvalue weighted by Gasteiger charge is -2.59. The summed E-state index contributed by atoms with van der Waals surface area (Å²) in [6.45, 7) is 1.82. The molecule has 0 spiro atoms. The minimum atomic E-state index is -0.360. The highest BCUT2D eigenvalue weighted by Crippen LogP contribution is 2.58. The molecule has 2 N–H and O–H groups in total. The Balaban J connectivity index is 1.58. The number of aryl methyl sites for hydroxylation is 1. The van der Waals surface area contributed by atoms with E-state index in [-0.39, 0.29) is 17.1 Å².